The molecule has 3 N–H and O–H groups in total. The summed E-state index contributed by atoms with van der Waals surface area (Å²) in [6, 6.07) is -0.146. The van der Waals surface area contributed by atoms with Crippen molar-refractivity contribution in [1.29, 1.82) is 0 Å². The highest BCUT2D eigenvalue weighted by Gasteiger charge is 2.24. The lowest BCUT2D eigenvalue weighted by molar-refractivity contribution is 0.314. The van der Waals surface area contributed by atoms with Crippen molar-refractivity contribution < 1.29 is 8.42 Å². The van der Waals surface area contributed by atoms with Crippen molar-refractivity contribution in [3.05, 3.63) is 12.4 Å². The third-order valence-corrected chi connectivity index (χ3v) is 4.40. The lowest BCUT2D eigenvalue weighted by Gasteiger charge is -2.25. The monoisotopic (exact) mass is 303 g/mol. The van der Waals surface area contributed by atoms with E-state index in [-0.39, 0.29) is 16.9 Å². The minimum absolute atomic E-state index is 0.146. The molecule has 0 aliphatic heterocycles. The summed E-state index contributed by atoms with van der Waals surface area (Å²) in [5, 5.41) is 3.99. The number of likely N-dealkylation sites (N-methyl/N-ethyl adjacent to an activating group) is 1. The van der Waals surface area contributed by atoms with Crippen LogP contribution in [0.3, 0.4) is 0 Å². The lowest BCUT2D eigenvalue weighted by Crippen LogP contribution is -2.44. The maximum atomic E-state index is 12.3. The molecular formula is C12H25N5O2S. The number of rotatable bonds is 8. The molecule has 116 valence electrons. The second-order valence-corrected chi connectivity index (χ2v) is 7.18. The van der Waals surface area contributed by atoms with Gasteiger partial charge in [0.2, 0.25) is 10.0 Å². The van der Waals surface area contributed by atoms with E-state index in [1.54, 1.807) is 0 Å². The van der Waals surface area contributed by atoms with Crippen LogP contribution in [0.5, 0.6) is 0 Å². The zero-order valence-corrected chi connectivity index (χ0v) is 13.4. The number of nitrogens with one attached hydrogen (secondary N) is 1. The highest BCUT2D eigenvalue weighted by Crippen LogP contribution is 2.11. The van der Waals surface area contributed by atoms with Crippen LogP contribution in [-0.4, -0.2) is 56.3 Å². The van der Waals surface area contributed by atoms with Crippen molar-refractivity contribution in [2.24, 2.45) is 11.7 Å². The van der Waals surface area contributed by atoms with E-state index in [9.17, 15) is 8.42 Å². The van der Waals surface area contributed by atoms with E-state index in [4.69, 9.17) is 5.73 Å². The van der Waals surface area contributed by atoms with Crippen LogP contribution in [-0.2, 0) is 16.6 Å². The molecule has 1 heterocycles. The maximum Gasteiger partial charge on any atom is 0.243 e. The largest absolute Gasteiger partial charge is 0.329 e. The summed E-state index contributed by atoms with van der Waals surface area (Å²) in [6.07, 6.45) is 2.85. The molecule has 8 heteroatoms. The molecule has 0 spiro atoms. The molecule has 1 aromatic rings. The molecule has 0 saturated carbocycles. The van der Waals surface area contributed by atoms with Gasteiger partial charge in [0.1, 0.15) is 4.90 Å². The van der Waals surface area contributed by atoms with Crippen molar-refractivity contribution in [1.82, 2.24) is 19.4 Å². The zero-order valence-electron chi connectivity index (χ0n) is 12.6. The minimum atomic E-state index is -3.55. The molecule has 20 heavy (non-hydrogen) atoms. The van der Waals surface area contributed by atoms with E-state index in [1.807, 2.05) is 32.8 Å². The first-order valence-corrected chi connectivity index (χ1v) is 8.14. The smallest absolute Gasteiger partial charge is 0.243 e. The molecule has 7 nitrogen and oxygen atoms in total. The highest BCUT2D eigenvalue weighted by molar-refractivity contribution is 7.89. The quantitative estimate of drug-likeness (QED) is 0.688. The second-order valence-electron chi connectivity index (χ2n) is 5.46. The van der Waals surface area contributed by atoms with Crippen molar-refractivity contribution >= 4 is 10.0 Å². The van der Waals surface area contributed by atoms with E-state index in [1.165, 1.54) is 17.1 Å². The Morgan fingerprint density at radius 3 is 2.60 bits per heavy atom. The Morgan fingerprint density at radius 2 is 2.10 bits per heavy atom. The van der Waals surface area contributed by atoms with Crippen LogP contribution in [0.4, 0.5) is 0 Å². The topological polar surface area (TPSA) is 93.2 Å². The van der Waals surface area contributed by atoms with Gasteiger partial charge in [0.05, 0.1) is 12.7 Å². The predicted molar refractivity (Wildman–Crippen MR) is 78.8 cm³/mol. The number of nitrogens with two attached hydrogens (primary N) is 1. The number of hydrogen-bond donors (Lipinski definition) is 2. The molecule has 0 radical (unpaired) electrons. The third kappa shape index (κ3) is 4.86. The van der Waals surface area contributed by atoms with Crippen LogP contribution in [0.1, 0.15) is 13.8 Å². The first kappa shape index (κ1) is 17.1. The molecule has 0 amide bonds. The van der Waals surface area contributed by atoms with Crippen LogP contribution in [0.25, 0.3) is 0 Å². The van der Waals surface area contributed by atoms with Crippen molar-refractivity contribution in [2.75, 3.05) is 27.2 Å². The van der Waals surface area contributed by atoms with Gasteiger partial charge in [-0.3, -0.25) is 4.68 Å². The third-order valence-electron chi connectivity index (χ3n) is 2.95. The van der Waals surface area contributed by atoms with Gasteiger partial charge in [0.15, 0.2) is 0 Å². The van der Waals surface area contributed by atoms with Crippen LogP contribution in [0.15, 0.2) is 17.3 Å². The van der Waals surface area contributed by atoms with Crippen LogP contribution in [0.2, 0.25) is 0 Å². The summed E-state index contributed by atoms with van der Waals surface area (Å²) >= 11 is 0. The molecule has 1 rings (SSSR count). The van der Waals surface area contributed by atoms with Gasteiger partial charge in [-0.25, -0.2) is 13.1 Å². The molecule has 0 fully saturated rings. The molecule has 0 aliphatic carbocycles. The fraction of sp³-hybridized carbons (Fsp3) is 0.750. The maximum absolute atomic E-state index is 12.3. The number of sulfonamides is 1. The molecule has 1 atom stereocenters. The number of nitrogens with zero attached hydrogens (tertiary/aromatic N) is 3. The molecule has 1 unspecified atom stereocenters. The van der Waals surface area contributed by atoms with E-state index >= 15 is 0 Å². The summed E-state index contributed by atoms with van der Waals surface area (Å²) in [4.78, 5) is 2.14. The Balaban J connectivity index is 2.85. The summed E-state index contributed by atoms with van der Waals surface area (Å²) in [7, 11) is 0.291. The van der Waals surface area contributed by atoms with Gasteiger partial charge in [-0.1, -0.05) is 13.8 Å². The summed E-state index contributed by atoms with van der Waals surface area (Å²) in [5.41, 5.74) is 5.42. The van der Waals surface area contributed by atoms with Gasteiger partial charge in [0.25, 0.3) is 0 Å². The Hall–Kier alpha value is -0.960. The molecule has 0 bridgehead atoms. The zero-order chi connectivity index (χ0) is 15.3. The lowest BCUT2D eigenvalue weighted by atomic mass is 10.1. The Labute approximate surface area is 121 Å². The van der Waals surface area contributed by atoms with Gasteiger partial charge in [-0.15, -0.1) is 0 Å². The van der Waals surface area contributed by atoms with Crippen molar-refractivity contribution in [3.8, 4) is 0 Å². The van der Waals surface area contributed by atoms with Crippen molar-refractivity contribution in [2.45, 2.75) is 31.3 Å². The number of hydrogen-bond acceptors (Lipinski definition) is 5. The summed E-state index contributed by atoms with van der Waals surface area (Å²) in [5.74, 6) is 0.200. The highest BCUT2D eigenvalue weighted by atomic mass is 32.2. The van der Waals surface area contributed by atoms with Gasteiger partial charge in [0, 0.05) is 25.3 Å². The van der Waals surface area contributed by atoms with Gasteiger partial charge in [-0.2, -0.15) is 5.10 Å². The molecule has 1 aromatic heterocycles. The van der Waals surface area contributed by atoms with Crippen LogP contribution < -0.4 is 10.5 Å². The average Bonchev–Trinajstić information content (AvgIpc) is 2.77. The Kier molecular flexibility index (Phi) is 6.12. The Morgan fingerprint density at radius 1 is 1.45 bits per heavy atom. The Bertz CT molecular complexity index is 510. The normalized spacial score (nSPS) is 14.2. The number of aromatic nitrogens is 2. The van der Waals surface area contributed by atoms with E-state index < -0.39 is 10.0 Å². The predicted octanol–water partition coefficient (Wildman–Crippen LogP) is -0.294. The van der Waals surface area contributed by atoms with Crippen LogP contribution >= 0.6 is 0 Å². The SMILES string of the molecule is CC(C)C(CN(C)C)NS(=O)(=O)c1cnn(CCN)c1. The van der Waals surface area contributed by atoms with E-state index in [0.29, 0.717) is 19.6 Å². The van der Waals surface area contributed by atoms with Gasteiger partial charge < -0.3 is 10.6 Å². The van der Waals surface area contributed by atoms with E-state index in [2.05, 4.69) is 9.82 Å². The fourth-order valence-corrected chi connectivity index (χ4v) is 3.11. The average molecular weight is 303 g/mol. The van der Waals surface area contributed by atoms with Gasteiger partial charge in [-0.05, 0) is 20.0 Å². The second kappa shape index (κ2) is 7.16. The fourth-order valence-electron chi connectivity index (χ4n) is 1.78. The molecule has 0 saturated heterocycles. The van der Waals surface area contributed by atoms with E-state index in [0.717, 1.165) is 0 Å². The first-order chi connectivity index (χ1) is 9.26. The first-order valence-electron chi connectivity index (χ1n) is 6.66. The minimum Gasteiger partial charge on any atom is -0.329 e. The van der Waals surface area contributed by atoms with Crippen molar-refractivity contribution in [3.63, 3.8) is 0 Å². The van der Waals surface area contributed by atoms with Gasteiger partial charge >= 0.3 is 0 Å². The molecule has 0 aliphatic rings. The molecular weight excluding hydrogens is 278 g/mol. The standard InChI is InChI=1S/C12H25N5O2S/c1-10(2)12(9-16(3)4)15-20(18,19)11-7-14-17(8-11)6-5-13/h7-8,10,12,15H,5-6,9,13H2,1-4H3. The summed E-state index contributed by atoms with van der Waals surface area (Å²) in [6.45, 7) is 5.56. The summed E-state index contributed by atoms with van der Waals surface area (Å²) < 4.78 is 28.9. The molecule has 0 aromatic carbocycles. The van der Waals surface area contributed by atoms with Crippen LogP contribution in [0, 0.1) is 5.92 Å².